The van der Waals surface area contributed by atoms with Crippen molar-refractivity contribution in [3.63, 3.8) is 0 Å². The molecule has 0 bridgehead atoms. The molecule has 0 spiro atoms. The average molecular weight is 268 g/mol. The highest BCUT2D eigenvalue weighted by Gasteiger charge is 2.07. The largest absolute Gasteiger partial charge is 0.483 e. The van der Waals surface area contributed by atoms with E-state index < -0.39 is 0 Å². The van der Waals surface area contributed by atoms with Crippen molar-refractivity contribution in [3.05, 3.63) is 29.6 Å². The van der Waals surface area contributed by atoms with Crippen LogP contribution in [0.15, 0.2) is 18.2 Å². The molecule has 0 heterocycles. The molecule has 2 N–H and O–H groups in total. The Morgan fingerprint density at radius 2 is 2.16 bits per heavy atom. The van der Waals surface area contributed by atoms with Gasteiger partial charge < -0.3 is 15.4 Å². The van der Waals surface area contributed by atoms with E-state index in [1.165, 1.54) is 12.1 Å². The van der Waals surface area contributed by atoms with Gasteiger partial charge in [0, 0.05) is 19.2 Å². The lowest BCUT2D eigenvalue weighted by Crippen LogP contribution is -2.25. The summed E-state index contributed by atoms with van der Waals surface area (Å²) in [6.07, 6.45) is 0. The van der Waals surface area contributed by atoms with Crippen molar-refractivity contribution < 1.29 is 13.9 Å². The van der Waals surface area contributed by atoms with Crippen LogP contribution in [-0.2, 0) is 11.3 Å². The molecule has 4 nitrogen and oxygen atoms in total. The van der Waals surface area contributed by atoms with Crippen molar-refractivity contribution in [2.24, 2.45) is 5.92 Å². The molecule has 0 aliphatic carbocycles. The Kier molecular flexibility index (Phi) is 6.29. The molecule has 0 aliphatic heterocycles. The van der Waals surface area contributed by atoms with E-state index in [0.29, 0.717) is 23.8 Å². The minimum absolute atomic E-state index is 0.0701. The lowest BCUT2D eigenvalue weighted by atomic mass is 10.1. The van der Waals surface area contributed by atoms with Gasteiger partial charge in [-0.05, 0) is 30.7 Å². The molecule has 1 aromatic rings. The normalized spacial score (nSPS) is 10.6. The summed E-state index contributed by atoms with van der Waals surface area (Å²) in [7, 11) is 1.54. The van der Waals surface area contributed by atoms with Gasteiger partial charge in [0.1, 0.15) is 11.6 Å². The molecule has 0 fully saturated rings. The Morgan fingerprint density at radius 1 is 1.42 bits per heavy atom. The Morgan fingerprint density at radius 3 is 2.79 bits per heavy atom. The number of nitrogens with one attached hydrogen (secondary N) is 2. The molecule has 0 unspecified atom stereocenters. The van der Waals surface area contributed by atoms with Crippen molar-refractivity contribution in [1.29, 1.82) is 0 Å². The summed E-state index contributed by atoms with van der Waals surface area (Å²) in [5.41, 5.74) is 0.713. The SMILES string of the molecule is CNC(=O)COc1ccc(F)cc1CNCC(C)C. The fourth-order valence-corrected chi connectivity index (χ4v) is 1.54. The number of ether oxygens (including phenoxy) is 1. The van der Waals surface area contributed by atoms with Gasteiger partial charge in [0.05, 0.1) is 0 Å². The van der Waals surface area contributed by atoms with Gasteiger partial charge in [-0.3, -0.25) is 4.79 Å². The maximum atomic E-state index is 13.2. The third-order valence-corrected chi connectivity index (χ3v) is 2.53. The molecule has 0 saturated carbocycles. The van der Waals surface area contributed by atoms with E-state index in [9.17, 15) is 9.18 Å². The van der Waals surface area contributed by atoms with Crippen LogP contribution in [0.2, 0.25) is 0 Å². The van der Waals surface area contributed by atoms with Gasteiger partial charge in [-0.1, -0.05) is 13.8 Å². The molecule has 0 atom stereocenters. The van der Waals surface area contributed by atoms with E-state index in [2.05, 4.69) is 24.5 Å². The molecular formula is C14H21FN2O2. The summed E-state index contributed by atoms with van der Waals surface area (Å²) in [5.74, 6) is 0.518. The Labute approximate surface area is 113 Å². The number of benzene rings is 1. The second kappa shape index (κ2) is 7.74. The van der Waals surface area contributed by atoms with E-state index in [1.54, 1.807) is 13.1 Å². The first-order valence-corrected chi connectivity index (χ1v) is 6.35. The van der Waals surface area contributed by atoms with Crippen molar-refractivity contribution in [3.8, 4) is 5.75 Å². The van der Waals surface area contributed by atoms with Crippen LogP contribution >= 0.6 is 0 Å². The van der Waals surface area contributed by atoms with Crippen LogP contribution in [0.1, 0.15) is 19.4 Å². The van der Waals surface area contributed by atoms with Crippen LogP contribution in [-0.4, -0.2) is 26.1 Å². The molecule has 0 aromatic heterocycles. The summed E-state index contributed by atoms with van der Waals surface area (Å²) in [5, 5.41) is 5.69. The highest BCUT2D eigenvalue weighted by Crippen LogP contribution is 2.19. The number of hydrogen-bond donors (Lipinski definition) is 2. The zero-order chi connectivity index (χ0) is 14.3. The molecule has 5 heteroatoms. The molecule has 106 valence electrons. The van der Waals surface area contributed by atoms with E-state index >= 15 is 0 Å². The highest BCUT2D eigenvalue weighted by atomic mass is 19.1. The van der Waals surface area contributed by atoms with Crippen molar-refractivity contribution >= 4 is 5.91 Å². The Bertz CT molecular complexity index is 422. The van der Waals surface area contributed by atoms with Gasteiger partial charge in [0.25, 0.3) is 5.91 Å². The third kappa shape index (κ3) is 5.70. The Hall–Kier alpha value is -1.62. The summed E-state index contributed by atoms with van der Waals surface area (Å²) in [6, 6.07) is 4.29. The number of carbonyl (C=O) groups is 1. The quantitative estimate of drug-likeness (QED) is 0.791. The van der Waals surface area contributed by atoms with E-state index in [4.69, 9.17) is 4.74 Å². The summed E-state index contributed by atoms with van der Waals surface area (Å²) in [6.45, 7) is 5.48. The van der Waals surface area contributed by atoms with Crippen LogP contribution in [0.25, 0.3) is 0 Å². The van der Waals surface area contributed by atoms with Crippen molar-refractivity contribution in [2.45, 2.75) is 20.4 Å². The summed E-state index contributed by atoms with van der Waals surface area (Å²) in [4.78, 5) is 11.1. The predicted octanol–water partition coefficient (Wildman–Crippen LogP) is 1.70. The van der Waals surface area contributed by atoms with Crippen LogP contribution < -0.4 is 15.4 Å². The first-order chi connectivity index (χ1) is 9.02. The third-order valence-electron chi connectivity index (χ3n) is 2.53. The zero-order valence-corrected chi connectivity index (χ0v) is 11.6. The summed E-state index contributed by atoms with van der Waals surface area (Å²) < 4.78 is 18.6. The van der Waals surface area contributed by atoms with Crippen LogP contribution in [0.3, 0.4) is 0 Å². The predicted molar refractivity (Wildman–Crippen MR) is 72.5 cm³/mol. The lowest BCUT2D eigenvalue weighted by molar-refractivity contribution is -0.122. The molecular weight excluding hydrogens is 247 g/mol. The van der Waals surface area contributed by atoms with E-state index in [-0.39, 0.29) is 18.3 Å². The fourth-order valence-electron chi connectivity index (χ4n) is 1.54. The first-order valence-electron chi connectivity index (χ1n) is 6.35. The van der Waals surface area contributed by atoms with Crippen LogP contribution in [0, 0.1) is 11.7 Å². The minimum atomic E-state index is -0.311. The number of rotatable bonds is 7. The molecule has 1 aromatic carbocycles. The monoisotopic (exact) mass is 268 g/mol. The topological polar surface area (TPSA) is 50.4 Å². The molecule has 0 radical (unpaired) electrons. The summed E-state index contributed by atoms with van der Waals surface area (Å²) >= 11 is 0. The van der Waals surface area contributed by atoms with Crippen LogP contribution in [0.4, 0.5) is 4.39 Å². The minimum Gasteiger partial charge on any atom is -0.483 e. The van der Waals surface area contributed by atoms with Gasteiger partial charge in [0.2, 0.25) is 0 Å². The van der Waals surface area contributed by atoms with Gasteiger partial charge in [-0.15, -0.1) is 0 Å². The standard InChI is InChI=1S/C14H21FN2O2/c1-10(2)7-17-8-11-6-12(15)4-5-13(11)19-9-14(18)16-3/h4-6,10,17H,7-9H2,1-3H3,(H,16,18). The lowest BCUT2D eigenvalue weighted by Gasteiger charge is -2.13. The maximum Gasteiger partial charge on any atom is 0.257 e. The van der Waals surface area contributed by atoms with Crippen LogP contribution in [0.5, 0.6) is 5.75 Å². The smallest absolute Gasteiger partial charge is 0.257 e. The van der Waals surface area contributed by atoms with Gasteiger partial charge in [0.15, 0.2) is 6.61 Å². The second-order valence-corrected chi connectivity index (χ2v) is 4.74. The molecule has 1 amide bonds. The molecule has 0 aliphatic rings. The second-order valence-electron chi connectivity index (χ2n) is 4.74. The Balaban J connectivity index is 2.65. The number of halogens is 1. The van der Waals surface area contributed by atoms with E-state index in [1.807, 2.05) is 0 Å². The van der Waals surface area contributed by atoms with E-state index in [0.717, 1.165) is 6.54 Å². The van der Waals surface area contributed by atoms with Gasteiger partial charge in [-0.25, -0.2) is 4.39 Å². The number of hydrogen-bond acceptors (Lipinski definition) is 3. The molecule has 0 saturated heterocycles. The highest BCUT2D eigenvalue weighted by molar-refractivity contribution is 5.77. The van der Waals surface area contributed by atoms with Gasteiger partial charge in [-0.2, -0.15) is 0 Å². The maximum absolute atomic E-state index is 13.2. The fraction of sp³-hybridized carbons (Fsp3) is 0.500. The van der Waals surface area contributed by atoms with Gasteiger partial charge >= 0.3 is 0 Å². The number of carbonyl (C=O) groups excluding carboxylic acids is 1. The van der Waals surface area contributed by atoms with Crippen molar-refractivity contribution in [2.75, 3.05) is 20.2 Å². The number of likely N-dealkylation sites (N-methyl/N-ethyl adjacent to an activating group) is 1. The first kappa shape index (κ1) is 15.4. The zero-order valence-electron chi connectivity index (χ0n) is 11.6. The molecule has 19 heavy (non-hydrogen) atoms. The average Bonchev–Trinajstić information content (AvgIpc) is 2.37. The van der Waals surface area contributed by atoms with Crippen molar-refractivity contribution in [1.82, 2.24) is 10.6 Å². The number of amides is 1. The molecule has 1 rings (SSSR count).